The molecule has 0 radical (unpaired) electrons. The summed E-state index contributed by atoms with van der Waals surface area (Å²) in [6.07, 6.45) is 2.48. The van der Waals surface area contributed by atoms with Gasteiger partial charge in [-0.05, 0) is 25.0 Å². The summed E-state index contributed by atoms with van der Waals surface area (Å²) in [5.41, 5.74) is 0.767. The summed E-state index contributed by atoms with van der Waals surface area (Å²) in [6, 6.07) is 4.18. The SMILES string of the molecule is CO[C@@H]1CN(C)C(=O)c2ccc(NC(C)=O)cc2OC[C@@H](C)N(S(=O)(=O)c2cn(C)cn2)C[C@H]1C. The highest BCUT2D eigenvalue weighted by Crippen LogP contribution is 2.28. The van der Waals surface area contributed by atoms with Crippen LogP contribution in [0.4, 0.5) is 5.69 Å². The van der Waals surface area contributed by atoms with Gasteiger partial charge in [-0.3, -0.25) is 9.59 Å². The number of amides is 2. The Kier molecular flexibility index (Phi) is 8.18. The fourth-order valence-electron chi connectivity index (χ4n) is 4.00. The van der Waals surface area contributed by atoms with E-state index in [4.69, 9.17) is 9.47 Å². The number of aryl methyl sites for hydroxylation is 1. The summed E-state index contributed by atoms with van der Waals surface area (Å²) in [4.78, 5) is 30.3. The number of likely N-dealkylation sites (N-methyl/N-ethyl adjacent to an activating group) is 1. The fourth-order valence-corrected chi connectivity index (χ4v) is 5.68. The maximum absolute atomic E-state index is 13.5. The van der Waals surface area contributed by atoms with Gasteiger partial charge in [0.2, 0.25) is 5.91 Å². The number of carbonyl (C=O) groups is 2. The Labute approximate surface area is 206 Å². The molecule has 0 aliphatic carbocycles. The second-order valence-corrected chi connectivity index (χ2v) is 10.8. The van der Waals surface area contributed by atoms with Gasteiger partial charge in [0, 0.05) is 59.2 Å². The monoisotopic (exact) mass is 507 g/mol. The van der Waals surface area contributed by atoms with Crippen molar-refractivity contribution in [2.45, 2.75) is 37.9 Å². The molecule has 2 aromatic rings. The second-order valence-electron chi connectivity index (χ2n) is 8.94. The first-order valence-corrected chi connectivity index (χ1v) is 12.7. The van der Waals surface area contributed by atoms with Crippen molar-refractivity contribution in [3.63, 3.8) is 0 Å². The van der Waals surface area contributed by atoms with Crippen molar-refractivity contribution in [3.8, 4) is 5.75 Å². The van der Waals surface area contributed by atoms with Gasteiger partial charge in [0.15, 0.2) is 5.03 Å². The molecule has 35 heavy (non-hydrogen) atoms. The van der Waals surface area contributed by atoms with Gasteiger partial charge in [-0.2, -0.15) is 4.31 Å². The molecular formula is C23H33N5O6S. The molecule has 11 nitrogen and oxygen atoms in total. The van der Waals surface area contributed by atoms with E-state index in [1.54, 1.807) is 50.9 Å². The maximum atomic E-state index is 13.5. The van der Waals surface area contributed by atoms with Crippen LogP contribution in [0.2, 0.25) is 0 Å². The van der Waals surface area contributed by atoms with Crippen molar-refractivity contribution in [3.05, 3.63) is 36.3 Å². The zero-order valence-electron chi connectivity index (χ0n) is 20.9. The average molecular weight is 508 g/mol. The molecule has 192 valence electrons. The largest absolute Gasteiger partial charge is 0.491 e. The number of nitrogens with one attached hydrogen (secondary N) is 1. The maximum Gasteiger partial charge on any atom is 0.262 e. The van der Waals surface area contributed by atoms with Crippen LogP contribution in [0, 0.1) is 5.92 Å². The highest BCUT2D eigenvalue weighted by molar-refractivity contribution is 7.89. The second kappa shape index (κ2) is 10.8. The molecule has 0 spiro atoms. The lowest BCUT2D eigenvalue weighted by atomic mass is 10.0. The van der Waals surface area contributed by atoms with Crippen LogP contribution >= 0.6 is 0 Å². The molecule has 1 N–H and O–H groups in total. The van der Waals surface area contributed by atoms with Crippen molar-refractivity contribution < 1.29 is 27.5 Å². The summed E-state index contributed by atoms with van der Waals surface area (Å²) in [6.45, 7) is 5.38. The van der Waals surface area contributed by atoms with Crippen LogP contribution in [0.15, 0.2) is 35.7 Å². The molecule has 1 aliphatic rings. The number of sulfonamides is 1. The van der Waals surface area contributed by atoms with Gasteiger partial charge < -0.3 is 24.3 Å². The van der Waals surface area contributed by atoms with Crippen molar-refractivity contribution in [2.75, 3.05) is 39.2 Å². The first kappa shape index (κ1) is 26.6. The molecule has 0 unspecified atom stereocenters. The first-order chi connectivity index (χ1) is 16.4. The van der Waals surface area contributed by atoms with E-state index in [0.717, 1.165) is 0 Å². The smallest absolute Gasteiger partial charge is 0.262 e. The third-order valence-electron chi connectivity index (χ3n) is 5.96. The van der Waals surface area contributed by atoms with Gasteiger partial charge in [0.1, 0.15) is 12.4 Å². The number of carbonyl (C=O) groups excluding carboxylic acids is 2. The molecule has 0 saturated heterocycles. The van der Waals surface area contributed by atoms with E-state index in [1.807, 2.05) is 6.92 Å². The Morgan fingerprint density at radius 2 is 1.94 bits per heavy atom. The molecule has 1 aromatic carbocycles. The van der Waals surface area contributed by atoms with Gasteiger partial charge in [-0.25, -0.2) is 13.4 Å². The molecule has 1 aromatic heterocycles. The molecule has 0 saturated carbocycles. The summed E-state index contributed by atoms with van der Waals surface area (Å²) >= 11 is 0. The average Bonchev–Trinajstić information content (AvgIpc) is 3.24. The molecule has 0 fully saturated rings. The van der Waals surface area contributed by atoms with Crippen molar-refractivity contribution in [2.24, 2.45) is 13.0 Å². The summed E-state index contributed by atoms with van der Waals surface area (Å²) in [7, 11) is 0.963. The number of fused-ring (bicyclic) bond motifs is 1. The predicted octanol–water partition coefficient (Wildman–Crippen LogP) is 1.57. The van der Waals surface area contributed by atoms with Crippen LogP contribution in [0.3, 0.4) is 0 Å². The number of anilines is 1. The topological polar surface area (TPSA) is 123 Å². The van der Waals surface area contributed by atoms with Crippen LogP contribution in [-0.2, 0) is 26.6 Å². The minimum atomic E-state index is -3.94. The van der Waals surface area contributed by atoms with Gasteiger partial charge in [0.25, 0.3) is 15.9 Å². The summed E-state index contributed by atoms with van der Waals surface area (Å²) in [5, 5.41) is 2.62. The Hall–Kier alpha value is -2.96. The molecular weight excluding hydrogens is 474 g/mol. The number of hydrogen-bond acceptors (Lipinski definition) is 7. The quantitative estimate of drug-likeness (QED) is 0.666. The minimum absolute atomic E-state index is 0.0239. The van der Waals surface area contributed by atoms with Gasteiger partial charge >= 0.3 is 0 Å². The van der Waals surface area contributed by atoms with Crippen LogP contribution in [0.1, 0.15) is 31.1 Å². The fraction of sp³-hybridized carbons (Fsp3) is 0.522. The Bertz CT molecular complexity index is 1180. The number of aromatic nitrogens is 2. The molecule has 1 aliphatic heterocycles. The number of nitrogens with zero attached hydrogens (tertiary/aromatic N) is 4. The van der Waals surface area contributed by atoms with Crippen LogP contribution in [0.5, 0.6) is 5.75 Å². The van der Waals surface area contributed by atoms with Crippen molar-refractivity contribution >= 4 is 27.5 Å². The molecule has 0 bridgehead atoms. The lowest BCUT2D eigenvalue weighted by molar-refractivity contribution is -0.114. The molecule has 2 heterocycles. The third-order valence-corrected chi connectivity index (χ3v) is 7.83. The minimum Gasteiger partial charge on any atom is -0.491 e. The lowest BCUT2D eigenvalue weighted by Crippen LogP contribution is -2.48. The van der Waals surface area contributed by atoms with E-state index in [1.165, 1.54) is 28.7 Å². The van der Waals surface area contributed by atoms with E-state index in [0.29, 0.717) is 11.3 Å². The number of imidazole rings is 1. The molecule has 2 amide bonds. The predicted molar refractivity (Wildman–Crippen MR) is 130 cm³/mol. The van der Waals surface area contributed by atoms with Crippen LogP contribution in [-0.4, -0.2) is 85.0 Å². The Morgan fingerprint density at radius 3 is 2.54 bits per heavy atom. The number of methoxy groups -OCH3 is 1. The highest BCUT2D eigenvalue weighted by Gasteiger charge is 2.35. The molecule has 3 atom stereocenters. The Balaban J connectivity index is 2.05. The lowest BCUT2D eigenvalue weighted by Gasteiger charge is -2.35. The first-order valence-electron chi connectivity index (χ1n) is 11.3. The summed E-state index contributed by atoms with van der Waals surface area (Å²) in [5.74, 6) is -0.524. The summed E-state index contributed by atoms with van der Waals surface area (Å²) < 4.78 is 41.7. The standard InChI is InChI=1S/C23H33N5O6S/c1-15-10-28(35(31,32)22-12-26(4)14-24-22)16(2)13-34-20-9-18(25-17(3)29)7-8-19(20)23(30)27(5)11-21(15)33-6/h7-9,12,14-16,21H,10-11,13H2,1-6H3,(H,25,29)/t15-,16-,21-/m1/s1. The zero-order chi connectivity index (χ0) is 25.9. The number of ether oxygens (including phenoxy) is 2. The van der Waals surface area contributed by atoms with Gasteiger partial charge in [-0.15, -0.1) is 0 Å². The normalized spacial score (nSPS) is 22.5. The van der Waals surface area contributed by atoms with Gasteiger partial charge in [0.05, 0.1) is 24.0 Å². The van der Waals surface area contributed by atoms with E-state index >= 15 is 0 Å². The van der Waals surface area contributed by atoms with Crippen LogP contribution < -0.4 is 10.1 Å². The molecule has 12 heteroatoms. The number of rotatable bonds is 4. The van der Waals surface area contributed by atoms with Crippen molar-refractivity contribution in [1.82, 2.24) is 18.8 Å². The number of hydrogen-bond donors (Lipinski definition) is 1. The third kappa shape index (κ3) is 6.00. The number of benzene rings is 1. The Morgan fingerprint density at radius 1 is 1.23 bits per heavy atom. The van der Waals surface area contributed by atoms with Gasteiger partial charge in [-0.1, -0.05) is 6.92 Å². The zero-order valence-corrected chi connectivity index (χ0v) is 21.7. The van der Waals surface area contributed by atoms with E-state index in [-0.39, 0.29) is 48.2 Å². The highest BCUT2D eigenvalue weighted by atomic mass is 32.2. The van der Waals surface area contributed by atoms with E-state index in [9.17, 15) is 18.0 Å². The van der Waals surface area contributed by atoms with Crippen molar-refractivity contribution in [1.29, 1.82) is 0 Å². The van der Waals surface area contributed by atoms with Crippen LogP contribution in [0.25, 0.3) is 0 Å². The molecule has 3 rings (SSSR count). The van der Waals surface area contributed by atoms with E-state index < -0.39 is 22.2 Å². The van der Waals surface area contributed by atoms with E-state index in [2.05, 4.69) is 10.3 Å².